The van der Waals surface area contributed by atoms with Gasteiger partial charge in [-0.25, -0.2) is 0 Å². The lowest BCUT2D eigenvalue weighted by Crippen LogP contribution is -2.35. The Labute approximate surface area is 156 Å². The molecule has 1 amide bonds. The van der Waals surface area contributed by atoms with Crippen LogP contribution in [-0.4, -0.2) is 17.6 Å². The third kappa shape index (κ3) is 5.67. The summed E-state index contributed by atoms with van der Waals surface area (Å²) in [5, 5.41) is 9.97. The zero-order chi connectivity index (χ0) is 17.5. The van der Waals surface area contributed by atoms with E-state index in [1.165, 1.54) is 0 Å². The fourth-order valence-corrected chi connectivity index (χ4v) is 2.82. The fourth-order valence-electron chi connectivity index (χ4n) is 2.11. The van der Waals surface area contributed by atoms with Gasteiger partial charge in [-0.1, -0.05) is 48.3 Å². The van der Waals surface area contributed by atoms with Crippen molar-refractivity contribution in [3.63, 3.8) is 0 Å². The maximum absolute atomic E-state index is 12.0. The molecule has 4 nitrogen and oxygen atoms in total. The number of carbonyl (C=O) groups is 1. The molecule has 2 aromatic carbocycles. The molecule has 0 aliphatic rings. The number of nitrogens with one attached hydrogen (secondary N) is 3. The van der Waals surface area contributed by atoms with E-state index in [1.54, 1.807) is 18.2 Å². The van der Waals surface area contributed by atoms with Crippen molar-refractivity contribution < 1.29 is 4.79 Å². The second-order valence-electron chi connectivity index (χ2n) is 5.02. The molecule has 3 N–H and O–H groups in total. The van der Waals surface area contributed by atoms with E-state index in [9.17, 15) is 4.79 Å². The van der Waals surface area contributed by atoms with Crippen molar-refractivity contribution in [2.45, 2.75) is 13.3 Å². The van der Waals surface area contributed by atoms with E-state index in [4.69, 9.17) is 35.4 Å². The largest absolute Gasteiger partial charge is 0.353 e. The van der Waals surface area contributed by atoms with Crippen LogP contribution in [-0.2, 0) is 11.2 Å². The molecule has 2 rings (SSSR count). The molecule has 24 heavy (non-hydrogen) atoms. The molecule has 0 heterocycles. The number of rotatable bonds is 5. The molecule has 0 aliphatic carbocycles. The Hall–Kier alpha value is -1.82. The number of hydrogen-bond acceptors (Lipinski definition) is 2. The third-order valence-electron chi connectivity index (χ3n) is 3.20. The van der Waals surface area contributed by atoms with Crippen LogP contribution in [0, 0.1) is 0 Å². The predicted molar refractivity (Wildman–Crippen MR) is 105 cm³/mol. The third-order valence-corrected chi connectivity index (χ3v) is 3.89. The highest BCUT2D eigenvalue weighted by atomic mass is 35.5. The number of halogens is 2. The number of hydrogen-bond donors (Lipinski definition) is 3. The monoisotopic (exact) mass is 381 g/mol. The van der Waals surface area contributed by atoms with Gasteiger partial charge in [0.05, 0.1) is 6.54 Å². The van der Waals surface area contributed by atoms with E-state index in [1.807, 2.05) is 31.2 Å². The van der Waals surface area contributed by atoms with Crippen molar-refractivity contribution in [2.75, 3.05) is 17.2 Å². The summed E-state index contributed by atoms with van der Waals surface area (Å²) in [6.07, 6.45) is 0.847. The molecule has 0 bridgehead atoms. The Kier molecular flexibility index (Phi) is 6.85. The first kappa shape index (κ1) is 18.5. The van der Waals surface area contributed by atoms with E-state index in [0.717, 1.165) is 17.7 Å². The highest BCUT2D eigenvalue weighted by Gasteiger charge is 2.07. The van der Waals surface area contributed by atoms with E-state index in [2.05, 4.69) is 16.0 Å². The summed E-state index contributed by atoms with van der Waals surface area (Å²) >= 11 is 17.0. The minimum Gasteiger partial charge on any atom is -0.353 e. The highest BCUT2D eigenvalue weighted by Crippen LogP contribution is 2.22. The first-order valence-electron chi connectivity index (χ1n) is 7.36. The van der Waals surface area contributed by atoms with Crippen LogP contribution in [0.25, 0.3) is 0 Å². The number of carbonyl (C=O) groups excluding carboxylic acids is 1. The van der Waals surface area contributed by atoms with Gasteiger partial charge in [0.2, 0.25) is 5.91 Å². The van der Waals surface area contributed by atoms with Crippen molar-refractivity contribution >= 4 is 57.8 Å². The number of thiocarbonyl (C=S) groups is 1. The SMILES string of the molecule is CCc1ccccc1NC(=O)CNC(=S)Nc1cc(Cl)cc(Cl)c1. The predicted octanol–water partition coefficient (Wildman–Crippen LogP) is 4.48. The number of aryl methyl sites for hydroxylation is 1. The van der Waals surface area contributed by atoms with Gasteiger partial charge in [-0.05, 0) is 48.5 Å². The first-order valence-corrected chi connectivity index (χ1v) is 8.53. The average molecular weight is 382 g/mol. The second kappa shape index (κ2) is 8.87. The molecule has 0 aromatic heterocycles. The van der Waals surface area contributed by atoms with Gasteiger partial charge in [-0.2, -0.15) is 0 Å². The Balaban J connectivity index is 1.86. The summed E-state index contributed by atoms with van der Waals surface area (Å²) in [4.78, 5) is 12.0. The number of amides is 1. The Morgan fingerprint density at radius 3 is 2.42 bits per heavy atom. The molecule has 126 valence electrons. The van der Waals surface area contributed by atoms with Crippen LogP contribution >= 0.6 is 35.4 Å². The lowest BCUT2D eigenvalue weighted by Gasteiger charge is -2.12. The maximum Gasteiger partial charge on any atom is 0.243 e. The van der Waals surface area contributed by atoms with Crippen LogP contribution in [0.15, 0.2) is 42.5 Å². The van der Waals surface area contributed by atoms with E-state index >= 15 is 0 Å². The Morgan fingerprint density at radius 1 is 1.08 bits per heavy atom. The molecule has 0 saturated carbocycles. The molecular formula is C17H17Cl2N3OS. The quantitative estimate of drug-likeness (QED) is 0.668. The topological polar surface area (TPSA) is 53.2 Å². The van der Waals surface area contributed by atoms with Gasteiger partial charge in [0, 0.05) is 21.4 Å². The van der Waals surface area contributed by atoms with Gasteiger partial charge in [0.25, 0.3) is 0 Å². The Bertz CT molecular complexity index is 732. The highest BCUT2D eigenvalue weighted by molar-refractivity contribution is 7.80. The standard InChI is InChI=1S/C17H17Cl2N3OS/c1-2-11-5-3-4-6-15(11)22-16(23)10-20-17(24)21-14-8-12(18)7-13(19)9-14/h3-9H,2,10H2,1H3,(H,22,23)(H2,20,21,24). The van der Waals surface area contributed by atoms with Crippen molar-refractivity contribution in [3.8, 4) is 0 Å². The molecule has 0 unspecified atom stereocenters. The number of anilines is 2. The summed E-state index contributed by atoms with van der Waals surface area (Å²) < 4.78 is 0. The van der Waals surface area contributed by atoms with Crippen LogP contribution < -0.4 is 16.0 Å². The minimum atomic E-state index is -0.177. The van der Waals surface area contributed by atoms with Gasteiger partial charge in [-0.15, -0.1) is 0 Å². The zero-order valence-electron chi connectivity index (χ0n) is 13.0. The van der Waals surface area contributed by atoms with Gasteiger partial charge < -0.3 is 16.0 Å². The lowest BCUT2D eigenvalue weighted by molar-refractivity contribution is -0.115. The number of benzene rings is 2. The van der Waals surface area contributed by atoms with Gasteiger partial charge in [0.1, 0.15) is 0 Å². The van der Waals surface area contributed by atoms with E-state index < -0.39 is 0 Å². The van der Waals surface area contributed by atoms with E-state index in [0.29, 0.717) is 20.8 Å². The van der Waals surface area contributed by atoms with Crippen molar-refractivity contribution in [3.05, 3.63) is 58.1 Å². The van der Waals surface area contributed by atoms with Crippen molar-refractivity contribution in [1.82, 2.24) is 5.32 Å². The van der Waals surface area contributed by atoms with Gasteiger partial charge in [0.15, 0.2) is 5.11 Å². The van der Waals surface area contributed by atoms with Crippen LogP contribution in [0.4, 0.5) is 11.4 Å². The van der Waals surface area contributed by atoms with Crippen LogP contribution in [0.2, 0.25) is 10.0 Å². The molecule has 0 fully saturated rings. The molecule has 0 aliphatic heterocycles. The number of para-hydroxylation sites is 1. The zero-order valence-corrected chi connectivity index (χ0v) is 15.4. The summed E-state index contributed by atoms with van der Waals surface area (Å²) in [5.74, 6) is -0.177. The smallest absolute Gasteiger partial charge is 0.243 e. The maximum atomic E-state index is 12.0. The molecular weight excluding hydrogens is 365 g/mol. The van der Waals surface area contributed by atoms with Crippen LogP contribution in [0.5, 0.6) is 0 Å². The molecule has 7 heteroatoms. The fraction of sp³-hybridized carbons (Fsp3) is 0.176. The van der Waals surface area contributed by atoms with Crippen LogP contribution in [0.3, 0.4) is 0 Å². The summed E-state index contributed by atoms with van der Waals surface area (Å²) in [6.45, 7) is 2.09. The molecule has 0 atom stereocenters. The molecule has 0 radical (unpaired) electrons. The van der Waals surface area contributed by atoms with Crippen molar-refractivity contribution in [2.24, 2.45) is 0 Å². The second-order valence-corrected chi connectivity index (χ2v) is 6.31. The Morgan fingerprint density at radius 2 is 1.75 bits per heavy atom. The molecule has 0 saturated heterocycles. The summed E-state index contributed by atoms with van der Waals surface area (Å²) in [6, 6.07) is 12.7. The van der Waals surface area contributed by atoms with Gasteiger partial charge >= 0.3 is 0 Å². The van der Waals surface area contributed by atoms with Gasteiger partial charge in [-0.3, -0.25) is 4.79 Å². The van der Waals surface area contributed by atoms with Crippen LogP contribution in [0.1, 0.15) is 12.5 Å². The minimum absolute atomic E-state index is 0.0537. The lowest BCUT2D eigenvalue weighted by atomic mass is 10.1. The summed E-state index contributed by atoms with van der Waals surface area (Å²) in [5.41, 5.74) is 2.55. The normalized spacial score (nSPS) is 10.1. The summed E-state index contributed by atoms with van der Waals surface area (Å²) in [7, 11) is 0. The molecule has 0 spiro atoms. The first-order chi connectivity index (χ1) is 11.5. The van der Waals surface area contributed by atoms with E-state index in [-0.39, 0.29) is 12.5 Å². The molecule has 2 aromatic rings. The average Bonchev–Trinajstić information content (AvgIpc) is 2.52. The van der Waals surface area contributed by atoms with Crippen molar-refractivity contribution in [1.29, 1.82) is 0 Å².